The number of nitrogens with one attached hydrogen (secondary N) is 3. The lowest BCUT2D eigenvalue weighted by atomic mass is 10.1. The zero-order valence-electron chi connectivity index (χ0n) is 19.3. The third-order valence-corrected chi connectivity index (χ3v) is 6.44. The fourth-order valence-corrected chi connectivity index (χ4v) is 4.17. The van der Waals surface area contributed by atoms with Crippen LogP contribution in [0, 0.1) is 5.92 Å². The van der Waals surface area contributed by atoms with Gasteiger partial charge in [0.2, 0.25) is 11.9 Å². The van der Waals surface area contributed by atoms with Crippen LogP contribution < -0.4 is 16.0 Å². The molecule has 1 aromatic heterocycles. The first-order valence-electron chi connectivity index (χ1n) is 11.9. The Balaban J connectivity index is 1.28. The highest BCUT2D eigenvalue weighted by Gasteiger charge is 2.30. The molecular formula is C26H27ClN6O2. The smallest absolute Gasteiger partial charge is 0.253 e. The van der Waals surface area contributed by atoms with Crippen molar-refractivity contribution in [2.24, 2.45) is 5.92 Å². The molecule has 1 saturated carbocycles. The molecule has 3 aromatic rings. The minimum absolute atomic E-state index is 0.0256. The Bertz CT molecular complexity index is 1220. The topological polar surface area (TPSA) is 99.2 Å². The van der Waals surface area contributed by atoms with Crippen molar-refractivity contribution in [1.29, 1.82) is 0 Å². The molecule has 2 aromatic carbocycles. The van der Waals surface area contributed by atoms with Crippen LogP contribution in [0.4, 0.5) is 28.8 Å². The Morgan fingerprint density at radius 3 is 2.34 bits per heavy atom. The average Bonchev–Trinajstić information content (AvgIpc) is 3.74. The van der Waals surface area contributed by atoms with Gasteiger partial charge in [0, 0.05) is 30.3 Å². The molecule has 5 rings (SSSR count). The molecule has 1 aliphatic heterocycles. The predicted octanol–water partition coefficient (Wildman–Crippen LogP) is 5.59. The van der Waals surface area contributed by atoms with Gasteiger partial charge < -0.3 is 20.9 Å². The summed E-state index contributed by atoms with van der Waals surface area (Å²) < 4.78 is 0. The van der Waals surface area contributed by atoms with E-state index in [1.54, 1.807) is 0 Å². The van der Waals surface area contributed by atoms with E-state index < -0.39 is 0 Å². The van der Waals surface area contributed by atoms with Gasteiger partial charge in [-0.25, -0.2) is 4.98 Å². The summed E-state index contributed by atoms with van der Waals surface area (Å²) in [6.45, 7) is 1.64. The lowest BCUT2D eigenvalue weighted by Gasteiger charge is -2.26. The molecule has 2 aliphatic rings. The van der Waals surface area contributed by atoms with Crippen LogP contribution in [0.25, 0.3) is 0 Å². The minimum atomic E-state index is 0.0256. The van der Waals surface area contributed by atoms with Crippen LogP contribution in [0.2, 0.25) is 5.02 Å². The van der Waals surface area contributed by atoms with E-state index in [0.717, 1.165) is 44.5 Å². The van der Waals surface area contributed by atoms with Crippen molar-refractivity contribution in [3.63, 3.8) is 0 Å². The molecule has 1 aliphatic carbocycles. The highest BCUT2D eigenvalue weighted by molar-refractivity contribution is 6.33. The van der Waals surface area contributed by atoms with Gasteiger partial charge in [0.15, 0.2) is 5.82 Å². The minimum Gasteiger partial charge on any atom is -0.339 e. The summed E-state index contributed by atoms with van der Waals surface area (Å²) in [7, 11) is 0. The largest absolute Gasteiger partial charge is 0.339 e. The molecule has 180 valence electrons. The number of rotatable bonds is 7. The highest BCUT2D eigenvalue weighted by Crippen LogP contribution is 2.33. The molecule has 0 unspecified atom stereocenters. The number of piperidine rings is 1. The van der Waals surface area contributed by atoms with Crippen molar-refractivity contribution in [3.05, 3.63) is 65.3 Å². The van der Waals surface area contributed by atoms with Gasteiger partial charge in [-0.05, 0) is 68.5 Å². The van der Waals surface area contributed by atoms with Crippen LogP contribution in [0.1, 0.15) is 42.5 Å². The van der Waals surface area contributed by atoms with Gasteiger partial charge >= 0.3 is 0 Å². The predicted molar refractivity (Wildman–Crippen MR) is 138 cm³/mol. The van der Waals surface area contributed by atoms with Crippen LogP contribution in [-0.2, 0) is 4.79 Å². The van der Waals surface area contributed by atoms with Gasteiger partial charge in [-0.15, -0.1) is 0 Å². The summed E-state index contributed by atoms with van der Waals surface area (Å²) in [4.78, 5) is 35.6. The number of carbonyl (C=O) groups excluding carboxylic acids is 2. The standard InChI is InChI=1S/C26H27ClN6O2/c27-20-16-28-26(29-19-12-10-18(11-13-19)25(35)33-14-4-1-5-15-33)32-23(20)30-21-6-2-3-7-22(21)31-24(34)17-8-9-17/h2-3,6-7,10-13,16-17H,1,4-5,8-9,14-15H2,(H,31,34)(H2,28,29,30,32). The fraction of sp³-hybridized carbons (Fsp3) is 0.308. The highest BCUT2D eigenvalue weighted by atomic mass is 35.5. The van der Waals surface area contributed by atoms with Gasteiger partial charge in [0.1, 0.15) is 5.02 Å². The molecule has 2 heterocycles. The number of benzene rings is 2. The lowest BCUT2D eigenvalue weighted by Crippen LogP contribution is -2.35. The van der Waals surface area contributed by atoms with E-state index in [0.29, 0.717) is 33.7 Å². The summed E-state index contributed by atoms with van der Waals surface area (Å²) in [6, 6.07) is 14.7. The van der Waals surface area contributed by atoms with Gasteiger partial charge in [0.25, 0.3) is 5.91 Å². The molecule has 0 radical (unpaired) electrons. The maximum Gasteiger partial charge on any atom is 0.253 e. The van der Waals surface area contributed by atoms with Crippen molar-refractivity contribution in [2.45, 2.75) is 32.1 Å². The van der Waals surface area contributed by atoms with E-state index in [1.807, 2.05) is 53.4 Å². The maximum atomic E-state index is 12.7. The molecule has 0 bridgehead atoms. The summed E-state index contributed by atoms with van der Waals surface area (Å²) in [6.07, 6.45) is 6.69. The Labute approximate surface area is 209 Å². The van der Waals surface area contributed by atoms with Crippen molar-refractivity contribution in [1.82, 2.24) is 14.9 Å². The van der Waals surface area contributed by atoms with Crippen LogP contribution in [0.15, 0.2) is 54.7 Å². The third kappa shape index (κ3) is 5.71. The number of hydrogen-bond donors (Lipinski definition) is 3. The number of para-hydroxylation sites is 2. The molecule has 9 heteroatoms. The molecule has 2 fully saturated rings. The van der Waals surface area contributed by atoms with E-state index >= 15 is 0 Å². The number of anilines is 5. The Hall–Kier alpha value is -3.65. The van der Waals surface area contributed by atoms with E-state index in [4.69, 9.17) is 11.6 Å². The molecule has 8 nitrogen and oxygen atoms in total. The second-order valence-corrected chi connectivity index (χ2v) is 9.29. The number of aromatic nitrogens is 2. The zero-order chi connectivity index (χ0) is 24.2. The Morgan fingerprint density at radius 1 is 0.914 bits per heavy atom. The Kier molecular flexibility index (Phi) is 6.81. The summed E-state index contributed by atoms with van der Waals surface area (Å²) in [5, 5.41) is 9.68. The van der Waals surface area contributed by atoms with Gasteiger partial charge in [-0.2, -0.15) is 4.98 Å². The maximum absolute atomic E-state index is 12.7. The summed E-state index contributed by atoms with van der Waals surface area (Å²) in [5.74, 6) is 0.958. The molecule has 2 amide bonds. The van der Waals surface area contributed by atoms with E-state index in [2.05, 4.69) is 25.9 Å². The number of nitrogens with zero attached hydrogens (tertiary/aromatic N) is 3. The number of likely N-dealkylation sites (tertiary alicyclic amines) is 1. The first-order valence-corrected chi connectivity index (χ1v) is 12.3. The molecule has 35 heavy (non-hydrogen) atoms. The Morgan fingerprint density at radius 2 is 1.63 bits per heavy atom. The first-order chi connectivity index (χ1) is 17.1. The van der Waals surface area contributed by atoms with Crippen LogP contribution in [-0.4, -0.2) is 39.8 Å². The molecular weight excluding hydrogens is 464 g/mol. The van der Waals surface area contributed by atoms with Crippen LogP contribution >= 0.6 is 11.6 Å². The van der Waals surface area contributed by atoms with Gasteiger partial charge in [0.05, 0.1) is 17.6 Å². The fourth-order valence-electron chi connectivity index (χ4n) is 4.03. The summed E-state index contributed by atoms with van der Waals surface area (Å²) >= 11 is 6.35. The number of carbonyl (C=O) groups is 2. The van der Waals surface area contributed by atoms with E-state index in [1.165, 1.54) is 12.6 Å². The van der Waals surface area contributed by atoms with E-state index in [-0.39, 0.29) is 17.7 Å². The second kappa shape index (κ2) is 10.3. The van der Waals surface area contributed by atoms with Crippen LogP contribution in [0.3, 0.4) is 0 Å². The number of halogens is 1. The quantitative estimate of drug-likeness (QED) is 0.399. The normalized spacial score (nSPS) is 15.4. The monoisotopic (exact) mass is 490 g/mol. The molecule has 3 N–H and O–H groups in total. The summed E-state index contributed by atoms with van der Waals surface area (Å²) in [5.41, 5.74) is 2.78. The second-order valence-electron chi connectivity index (χ2n) is 8.88. The number of hydrogen-bond acceptors (Lipinski definition) is 6. The number of amides is 2. The van der Waals surface area contributed by atoms with Gasteiger partial charge in [-0.1, -0.05) is 23.7 Å². The first kappa shape index (κ1) is 23.1. The van der Waals surface area contributed by atoms with Crippen molar-refractivity contribution in [3.8, 4) is 0 Å². The van der Waals surface area contributed by atoms with Gasteiger partial charge in [-0.3, -0.25) is 9.59 Å². The van der Waals surface area contributed by atoms with Crippen molar-refractivity contribution >= 4 is 52.2 Å². The van der Waals surface area contributed by atoms with Crippen molar-refractivity contribution in [2.75, 3.05) is 29.0 Å². The zero-order valence-corrected chi connectivity index (χ0v) is 20.0. The third-order valence-electron chi connectivity index (χ3n) is 6.16. The average molecular weight is 491 g/mol. The molecule has 1 saturated heterocycles. The van der Waals surface area contributed by atoms with Crippen molar-refractivity contribution < 1.29 is 9.59 Å². The van der Waals surface area contributed by atoms with Crippen LogP contribution in [0.5, 0.6) is 0 Å². The SMILES string of the molecule is O=C(Nc1ccccc1Nc1nc(Nc2ccc(C(=O)N3CCCCC3)cc2)ncc1Cl)C1CC1. The lowest BCUT2D eigenvalue weighted by molar-refractivity contribution is -0.117. The molecule has 0 atom stereocenters. The molecule has 0 spiro atoms. The van der Waals surface area contributed by atoms with E-state index in [9.17, 15) is 9.59 Å².